The van der Waals surface area contributed by atoms with Gasteiger partial charge in [-0.2, -0.15) is 0 Å². The third-order valence-electron chi connectivity index (χ3n) is 3.59. The first-order valence-electron chi connectivity index (χ1n) is 7.18. The van der Waals surface area contributed by atoms with Crippen LogP contribution < -0.4 is 10.2 Å². The Bertz CT molecular complexity index is 412. The normalized spacial score (nSPS) is 17.2. The van der Waals surface area contributed by atoms with Gasteiger partial charge in [-0.05, 0) is 37.0 Å². The minimum atomic E-state index is -0.133. The third-order valence-corrected chi connectivity index (χ3v) is 3.59. The third kappa shape index (κ3) is 3.91. The van der Waals surface area contributed by atoms with Crippen LogP contribution in [0.2, 0.25) is 0 Å². The lowest BCUT2D eigenvalue weighted by Crippen LogP contribution is -2.36. The lowest BCUT2D eigenvalue weighted by atomic mass is 10.1. The standard InChI is InChI=1S/C15H25N3O/c1-11(2)16-9-13-8-12(3)15(17-10-13)18-6-4-14(19)5-7-18/h8,10-11,14,16,19H,4-7,9H2,1-3H3. The monoisotopic (exact) mass is 263 g/mol. The van der Waals surface area contributed by atoms with Crippen LogP contribution in [0, 0.1) is 6.92 Å². The molecule has 4 heteroatoms. The average molecular weight is 263 g/mol. The van der Waals surface area contributed by atoms with Crippen molar-refractivity contribution in [3.8, 4) is 0 Å². The Morgan fingerprint density at radius 1 is 1.42 bits per heavy atom. The van der Waals surface area contributed by atoms with E-state index in [1.54, 1.807) is 0 Å². The first kappa shape index (κ1) is 14.3. The van der Waals surface area contributed by atoms with E-state index in [-0.39, 0.29) is 6.10 Å². The summed E-state index contributed by atoms with van der Waals surface area (Å²) in [7, 11) is 0. The number of nitrogens with one attached hydrogen (secondary N) is 1. The summed E-state index contributed by atoms with van der Waals surface area (Å²) in [5.41, 5.74) is 2.45. The summed E-state index contributed by atoms with van der Waals surface area (Å²) in [6.07, 6.45) is 3.52. The summed E-state index contributed by atoms with van der Waals surface area (Å²) in [5, 5.41) is 13.0. The van der Waals surface area contributed by atoms with Crippen molar-refractivity contribution in [1.29, 1.82) is 0 Å². The van der Waals surface area contributed by atoms with Gasteiger partial charge >= 0.3 is 0 Å². The molecule has 0 bridgehead atoms. The lowest BCUT2D eigenvalue weighted by molar-refractivity contribution is 0.145. The highest BCUT2D eigenvalue weighted by molar-refractivity contribution is 5.47. The Kier molecular flexibility index (Phi) is 4.77. The fourth-order valence-electron chi connectivity index (χ4n) is 2.45. The quantitative estimate of drug-likeness (QED) is 0.870. The maximum atomic E-state index is 9.55. The van der Waals surface area contributed by atoms with Crippen molar-refractivity contribution in [1.82, 2.24) is 10.3 Å². The highest BCUT2D eigenvalue weighted by Crippen LogP contribution is 2.22. The van der Waals surface area contributed by atoms with Gasteiger partial charge in [-0.1, -0.05) is 13.8 Å². The number of aromatic nitrogens is 1. The van der Waals surface area contributed by atoms with Gasteiger partial charge in [-0.3, -0.25) is 0 Å². The van der Waals surface area contributed by atoms with Crippen LogP contribution in [0.4, 0.5) is 5.82 Å². The van der Waals surface area contributed by atoms with Crippen molar-refractivity contribution >= 4 is 5.82 Å². The predicted molar refractivity (Wildman–Crippen MR) is 78.4 cm³/mol. The molecule has 0 atom stereocenters. The van der Waals surface area contributed by atoms with E-state index in [0.717, 1.165) is 38.3 Å². The van der Waals surface area contributed by atoms with Gasteiger partial charge in [0.2, 0.25) is 0 Å². The van der Waals surface area contributed by atoms with E-state index < -0.39 is 0 Å². The number of rotatable bonds is 4. The Hall–Kier alpha value is -1.13. The second-order valence-corrected chi connectivity index (χ2v) is 5.74. The van der Waals surface area contributed by atoms with Gasteiger partial charge in [0, 0.05) is 31.9 Å². The molecule has 1 aliphatic rings. The van der Waals surface area contributed by atoms with Gasteiger partial charge < -0.3 is 15.3 Å². The molecular weight excluding hydrogens is 238 g/mol. The first-order chi connectivity index (χ1) is 9.06. The molecule has 1 fully saturated rings. The number of pyridine rings is 1. The maximum Gasteiger partial charge on any atom is 0.131 e. The van der Waals surface area contributed by atoms with E-state index in [9.17, 15) is 5.11 Å². The van der Waals surface area contributed by atoms with Crippen molar-refractivity contribution in [3.63, 3.8) is 0 Å². The molecule has 0 amide bonds. The number of aryl methyl sites for hydroxylation is 1. The molecule has 19 heavy (non-hydrogen) atoms. The Morgan fingerprint density at radius 3 is 2.68 bits per heavy atom. The smallest absolute Gasteiger partial charge is 0.131 e. The molecule has 2 rings (SSSR count). The molecule has 1 aliphatic heterocycles. The van der Waals surface area contributed by atoms with Crippen molar-refractivity contribution in [2.75, 3.05) is 18.0 Å². The number of aliphatic hydroxyl groups excluding tert-OH is 1. The minimum Gasteiger partial charge on any atom is -0.393 e. The summed E-state index contributed by atoms with van der Waals surface area (Å²) in [6, 6.07) is 2.70. The highest BCUT2D eigenvalue weighted by atomic mass is 16.3. The summed E-state index contributed by atoms with van der Waals surface area (Å²) in [6.45, 7) is 9.08. The van der Waals surface area contributed by atoms with E-state index in [0.29, 0.717) is 6.04 Å². The summed E-state index contributed by atoms with van der Waals surface area (Å²) in [4.78, 5) is 6.89. The zero-order valence-corrected chi connectivity index (χ0v) is 12.2. The Balaban J connectivity index is 2.02. The van der Waals surface area contributed by atoms with Crippen LogP contribution >= 0.6 is 0 Å². The number of aliphatic hydroxyl groups is 1. The molecule has 2 N–H and O–H groups in total. The summed E-state index contributed by atoms with van der Waals surface area (Å²) in [5.74, 6) is 1.07. The number of nitrogens with zero attached hydrogens (tertiary/aromatic N) is 2. The molecule has 0 aliphatic carbocycles. The van der Waals surface area contributed by atoms with Crippen molar-refractivity contribution in [2.24, 2.45) is 0 Å². The molecule has 1 saturated heterocycles. The number of hydrogen-bond donors (Lipinski definition) is 2. The minimum absolute atomic E-state index is 0.133. The van der Waals surface area contributed by atoms with Crippen molar-refractivity contribution in [3.05, 3.63) is 23.4 Å². The predicted octanol–water partition coefficient (Wildman–Crippen LogP) is 1.85. The Labute approximate surface area is 115 Å². The summed E-state index contributed by atoms with van der Waals surface area (Å²) >= 11 is 0. The second-order valence-electron chi connectivity index (χ2n) is 5.74. The van der Waals surface area contributed by atoms with Gasteiger partial charge in [0.1, 0.15) is 5.82 Å². The molecule has 0 unspecified atom stereocenters. The molecule has 4 nitrogen and oxygen atoms in total. The SMILES string of the molecule is Cc1cc(CNC(C)C)cnc1N1CCC(O)CC1. The average Bonchev–Trinajstić information content (AvgIpc) is 2.38. The van der Waals surface area contributed by atoms with E-state index in [4.69, 9.17) is 0 Å². The number of piperidine rings is 1. The van der Waals surface area contributed by atoms with Crippen LogP contribution in [0.25, 0.3) is 0 Å². The summed E-state index contributed by atoms with van der Waals surface area (Å²) < 4.78 is 0. The van der Waals surface area contributed by atoms with E-state index in [1.807, 2.05) is 6.20 Å². The van der Waals surface area contributed by atoms with Crippen molar-refractivity contribution < 1.29 is 5.11 Å². The zero-order valence-electron chi connectivity index (χ0n) is 12.2. The van der Waals surface area contributed by atoms with Crippen LogP contribution in [-0.2, 0) is 6.54 Å². The van der Waals surface area contributed by atoms with Gasteiger partial charge in [-0.25, -0.2) is 4.98 Å². The fraction of sp³-hybridized carbons (Fsp3) is 0.667. The van der Waals surface area contributed by atoms with Gasteiger partial charge in [-0.15, -0.1) is 0 Å². The zero-order chi connectivity index (χ0) is 13.8. The van der Waals surface area contributed by atoms with E-state index in [1.165, 1.54) is 11.1 Å². The molecule has 0 spiro atoms. The van der Waals surface area contributed by atoms with Crippen LogP contribution in [0.3, 0.4) is 0 Å². The molecule has 0 radical (unpaired) electrons. The van der Waals surface area contributed by atoms with Gasteiger partial charge in [0.05, 0.1) is 6.10 Å². The maximum absolute atomic E-state index is 9.55. The van der Waals surface area contributed by atoms with Gasteiger partial charge in [0.25, 0.3) is 0 Å². The lowest BCUT2D eigenvalue weighted by Gasteiger charge is -2.31. The van der Waals surface area contributed by atoms with Crippen LogP contribution in [0.5, 0.6) is 0 Å². The van der Waals surface area contributed by atoms with E-state index >= 15 is 0 Å². The Morgan fingerprint density at radius 2 is 2.11 bits per heavy atom. The molecule has 0 aromatic carbocycles. The number of hydrogen-bond acceptors (Lipinski definition) is 4. The van der Waals surface area contributed by atoms with Crippen LogP contribution in [0.1, 0.15) is 37.8 Å². The van der Waals surface area contributed by atoms with E-state index in [2.05, 4.69) is 42.0 Å². The highest BCUT2D eigenvalue weighted by Gasteiger charge is 2.19. The fourth-order valence-corrected chi connectivity index (χ4v) is 2.45. The van der Waals surface area contributed by atoms with Crippen LogP contribution in [-0.4, -0.2) is 35.3 Å². The first-order valence-corrected chi connectivity index (χ1v) is 7.18. The largest absolute Gasteiger partial charge is 0.393 e. The van der Waals surface area contributed by atoms with Gasteiger partial charge in [0.15, 0.2) is 0 Å². The molecule has 1 aromatic rings. The molecule has 106 valence electrons. The number of anilines is 1. The van der Waals surface area contributed by atoms with Crippen LogP contribution in [0.15, 0.2) is 12.3 Å². The molecule has 1 aromatic heterocycles. The molecule has 2 heterocycles. The topological polar surface area (TPSA) is 48.4 Å². The molecule has 0 saturated carbocycles. The molecular formula is C15H25N3O. The second kappa shape index (κ2) is 6.35. The van der Waals surface area contributed by atoms with Crippen molar-refractivity contribution in [2.45, 2.75) is 52.3 Å².